The molecule has 3 heteroatoms. The topological polar surface area (TPSA) is 29.1 Å². The third kappa shape index (κ3) is 0.805. The number of hydrogen-bond donors (Lipinski definition) is 1. The highest BCUT2D eigenvalue weighted by Crippen LogP contribution is 2.40. The van der Waals surface area contributed by atoms with Gasteiger partial charge in [-0.2, -0.15) is 0 Å². The maximum Gasteiger partial charge on any atom is 0.254 e. The number of carbonyl (C=O) groups is 1. The molecule has 2 nitrogen and oxygen atoms in total. The van der Waals surface area contributed by atoms with Gasteiger partial charge in [0.15, 0.2) is 6.17 Å². The lowest BCUT2D eigenvalue weighted by Gasteiger charge is -2.05. The molecule has 0 spiro atoms. The van der Waals surface area contributed by atoms with Crippen LogP contribution in [0.25, 0.3) is 0 Å². The van der Waals surface area contributed by atoms with Gasteiger partial charge in [-0.25, -0.2) is 4.39 Å². The first kappa shape index (κ1) is 6.13. The molecular formula is C7H10FNO. The zero-order chi connectivity index (χ0) is 7.14. The number of rotatable bonds is 1. The lowest BCUT2D eigenvalue weighted by atomic mass is 10.0. The van der Waals surface area contributed by atoms with Crippen LogP contribution in [0, 0.1) is 11.8 Å². The van der Waals surface area contributed by atoms with E-state index in [1.165, 1.54) is 0 Å². The molecule has 1 aliphatic heterocycles. The summed E-state index contributed by atoms with van der Waals surface area (Å²) in [5.74, 6) is 0.0818. The molecule has 2 atom stereocenters. The maximum absolute atomic E-state index is 12.9. The van der Waals surface area contributed by atoms with Gasteiger partial charge in [0.05, 0.1) is 0 Å². The van der Waals surface area contributed by atoms with Gasteiger partial charge in [-0.1, -0.05) is 0 Å². The fourth-order valence-electron chi connectivity index (χ4n) is 1.54. The van der Waals surface area contributed by atoms with Gasteiger partial charge >= 0.3 is 0 Å². The van der Waals surface area contributed by atoms with Crippen LogP contribution in [0.2, 0.25) is 0 Å². The van der Waals surface area contributed by atoms with E-state index in [0.29, 0.717) is 12.5 Å². The SMILES string of the molecule is O=C1NC[C@H](C2CC2)[C@H]1F. The molecule has 1 amide bonds. The van der Waals surface area contributed by atoms with Crippen LogP contribution in [-0.4, -0.2) is 18.6 Å². The summed E-state index contributed by atoms with van der Waals surface area (Å²) in [5.41, 5.74) is 0. The second-order valence-corrected chi connectivity index (χ2v) is 3.15. The number of alkyl halides is 1. The van der Waals surface area contributed by atoms with Gasteiger partial charge in [-0.15, -0.1) is 0 Å². The summed E-state index contributed by atoms with van der Waals surface area (Å²) in [6, 6.07) is 0. The van der Waals surface area contributed by atoms with E-state index < -0.39 is 12.1 Å². The summed E-state index contributed by atoms with van der Waals surface area (Å²) in [7, 11) is 0. The van der Waals surface area contributed by atoms with Crippen molar-refractivity contribution in [1.82, 2.24) is 5.32 Å². The van der Waals surface area contributed by atoms with E-state index >= 15 is 0 Å². The molecule has 0 aromatic heterocycles. The molecule has 10 heavy (non-hydrogen) atoms. The Kier molecular flexibility index (Phi) is 1.19. The van der Waals surface area contributed by atoms with Gasteiger partial charge in [-0.05, 0) is 18.8 Å². The van der Waals surface area contributed by atoms with Crippen LogP contribution in [0.1, 0.15) is 12.8 Å². The molecule has 0 radical (unpaired) electrons. The van der Waals surface area contributed by atoms with Crippen LogP contribution in [0.5, 0.6) is 0 Å². The molecule has 1 saturated heterocycles. The first-order chi connectivity index (χ1) is 4.79. The van der Waals surface area contributed by atoms with Crippen molar-refractivity contribution in [3.05, 3.63) is 0 Å². The Morgan fingerprint density at radius 1 is 1.50 bits per heavy atom. The summed E-state index contributed by atoms with van der Waals surface area (Å²) >= 11 is 0. The summed E-state index contributed by atoms with van der Waals surface area (Å²) in [6.45, 7) is 0.560. The monoisotopic (exact) mass is 143 g/mol. The van der Waals surface area contributed by atoms with Crippen molar-refractivity contribution in [1.29, 1.82) is 0 Å². The molecule has 1 aliphatic carbocycles. The fraction of sp³-hybridized carbons (Fsp3) is 0.857. The number of halogens is 1. The Morgan fingerprint density at radius 3 is 2.60 bits per heavy atom. The average Bonchev–Trinajstić information content (AvgIpc) is 2.67. The lowest BCUT2D eigenvalue weighted by molar-refractivity contribution is -0.123. The largest absolute Gasteiger partial charge is 0.353 e. The van der Waals surface area contributed by atoms with Gasteiger partial charge in [0.1, 0.15) is 0 Å². The molecule has 1 N–H and O–H groups in total. The van der Waals surface area contributed by atoms with Gasteiger partial charge in [0.2, 0.25) is 0 Å². The van der Waals surface area contributed by atoms with Crippen molar-refractivity contribution < 1.29 is 9.18 Å². The van der Waals surface area contributed by atoms with E-state index in [4.69, 9.17) is 0 Å². The molecule has 2 rings (SSSR count). The van der Waals surface area contributed by atoms with E-state index in [2.05, 4.69) is 5.32 Å². The van der Waals surface area contributed by atoms with Crippen molar-refractivity contribution in [2.75, 3.05) is 6.54 Å². The molecule has 2 aliphatic rings. The Hall–Kier alpha value is -0.600. The number of hydrogen-bond acceptors (Lipinski definition) is 1. The fourth-order valence-corrected chi connectivity index (χ4v) is 1.54. The lowest BCUT2D eigenvalue weighted by Crippen LogP contribution is -2.20. The number of amides is 1. The van der Waals surface area contributed by atoms with Gasteiger partial charge in [0, 0.05) is 12.5 Å². The zero-order valence-electron chi connectivity index (χ0n) is 5.64. The first-order valence-corrected chi connectivity index (χ1v) is 3.71. The van der Waals surface area contributed by atoms with E-state index in [1.807, 2.05) is 0 Å². The third-order valence-corrected chi connectivity index (χ3v) is 2.37. The highest BCUT2D eigenvalue weighted by molar-refractivity contribution is 5.83. The van der Waals surface area contributed by atoms with E-state index in [1.54, 1.807) is 0 Å². The van der Waals surface area contributed by atoms with Crippen LogP contribution in [-0.2, 0) is 4.79 Å². The van der Waals surface area contributed by atoms with Crippen molar-refractivity contribution in [3.63, 3.8) is 0 Å². The van der Waals surface area contributed by atoms with E-state index in [9.17, 15) is 9.18 Å². The molecule has 2 fully saturated rings. The quantitative estimate of drug-likeness (QED) is 0.568. The second-order valence-electron chi connectivity index (χ2n) is 3.15. The molecule has 0 bridgehead atoms. The molecule has 0 unspecified atom stereocenters. The molecular weight excluding hydrogens is 133 g/mol. The first-order valence-electron chi connectivity index (χ1n) is 3.71. The minimum Gasteiger partial charge on any atom is -0.353 e. The summed E-state index contributed by atoms with van der Waals surface area (Å²) in [4.78, 5) is 10.6. The summed E-state index contributed by atoms with van der Waals surface area (Å²) < 4.78 is 12.9. The smallest absolute Gasteiger partial charge is 0.254 e. The zero-order valence-corrected chi connectivity index (χ0v) is 5.64. The molecule has 1 heterocycles. The van der Waals surface area contributed by atoms with E-state index in [-0.39, 0.29) is 5.92 Å². The van der Waals surface area contributed by atoms with Gasteiger partial charge in [0.25, 0.3) is 5.91 Å². The second kappa shape index (κ2) is 1.94. The van der Waals surface area contributed by atoms with E-state index in [0.717, 1.165) is 12.8 Å². The summed E-state index contributed by atoms with van der Waals surface area (Å²) in [5, 5.41) is 2.53. The standard InChI is InChI=1S/C7H10FNO/c8-6-5(4-1-2-4)3-9-7(6)10/h4-6H,1-3H2,(H,9,10)/t5-,6-/m1/s1. The molecule has 0 aromatic rings. The average molecular weight is 143 g/mol. The predicted octanol–water partition coefficient (Wildman–Crippen LogP) is 0.480. The Balaban J connectivity index is 2.03. The van der Waals surface area contributed by atoms with Crippen molar-refractivity contribution in [3.8, 4) is 0 Å². The maximum atomic E-state index is 12.9. The van der Waals surface area contributed by atoms with Crippen LogP contribution in [0.4, 0.5) is 4.39 Å². The highest BCUT2D eigenvalue weighted by Gasteiger charge is 2.43. The predicted molar refractivity (Wildman–Crippen MR) is 34.1 cm³/mol. The molecule has 1 saturated carbocycles. The van der Waals surface area contributed by atoms with Crippen LogP contribution in [0.15, 0.2) is 0 Å². The Morgan fingerprint density at radius 2 is 2.20 bits per heavy atom. The Labute approximate surface area is 58.8 Å². The number of nitrogens with one attached hydrogen (secondary N) is 1. The van der Waals surface area contributed by atoms with Crippen LogP contribution in [0.3, 0.4) is 0 Å². The van der Waals surface area contributed by atoms with Gasteiger partial charge in [-0.3, -0.25) is 4.79 Å². The van der Waals surface area contributed by atoms with Crippen molar-refractivity contribution in [2.24, 2.45) is 11.8 Å². The van der Waals surface area contributed by atoms with Crippen molar-refractivity contribution in [2.45, 2.75) is 19.0 Å². The number of carbonyl (C=O) groups excluding carboxylic acids is 1. The molecule has 56 valence electrons. The highest BCUT2D eigenvalue weighted by atomic mass is 19.1. The molecule has 0 aromatic carbocycles. The van der Waals surface area contributed by atoms with Crippen LogP contribution >= 0.6 is 0 Å². The Bertz CT molecular complexity index is 167. The minimum atomic E-state index is -1.22. The van der Waals surface area contributed by atoms with Crippen LogP contribution < -0.4 is 5.32 Å². The third-order valence-electron chi connectivity index (χ3n) is 2.37. The summed E-state index contributed by atoms with van der Waals surface area (Å²) in [6.07, 6.45) is 1.01. The normalized spacial score (nSPS) is 39.9. The minimum absolute atomic E-state index is 0.00694. The van der Waals surface area contributed by atoms with Crippen molar-refractivity contribution >= 4 is 5.91 Å². The van der Waals surface area contributed by atoms with Gasteiger partial charge < -0.3 is 5.32 Å².